The van der Waals surface area contributed by atoms with Crippen LogP contribution in [0.15, 0.2) is 47.5 Å². The van der Waals surface area contributed by atoms with Gasteiger partial charge in [0.05, 0.1) is 0 Å². The monoisotopic (exact) mass is 342 g/mol. The molecule has 0 aromatic heterocycles. The molecule has 0 spiro atoms. The Morgan fingerprint density at radius 2 is 2.29 bits per heavy atom. The summed E-state index contributed by atoms with van der Waals surface area (Å²) in [4.78, 5) is 2.23. The van der Waals surface area contributed by atoms with Crippen LogP contribution in [0.1, 0.15) is 33.1 Å². The molecule has 2 rings (SSSR count). The molecule has 1 heterocycles. The van der Waals surface area contributed by atoms with Crippen LogP contribution >= 0.6 is 0 Å². The number of halogens is 1. The van der Waals surface area contributed by atoms with E-state index in [2.05, 4.69) is 66.4 Å². The van der Waals surface area contributed by atoms with Gasteiger partial charge >= 0.3 is 0 Å². The Morgan fingerprint density at radius 3 is 2.82 bits per heavy atom. The molecule has 1 nitrogen and oxygen atoms in total. The predicted octanol–water partition coefficient (Wildman–Crippen LogP) is 0.635. The fraction of sp³-hybridized carbons (Fsp3) is 0.467. The van der Waals surface area contributed by atoms with Crippen molar-refractivity contribution in [3.63, 3.8) is 0 Å². The molecule has 0 radical (unpaired) electrons. The van der Waals surface area contributed by atoms with Crippen molar-refractivity contribution in [2.24, 2.45) is 5.92 Å². The quantitative estimate of drug-likeness (QED) is 0.535. The molecule has 92 valence electrons. The average Bonchev–Trinajstić information content (AvgIpc) is 3.15. The topological polar surface area (TPSA) is 3.24 Å². The number of alkyl halides is 1. The van der Waals surface area contributed by atoms with Crippen LogP contribution < -0.4 is 22.6 Å². The molecular weight excluding hydrogens is 321 g/mol. The van der Waals surface area contributed by atoms with Crippen molar-refractivity contribution in [1.29, 1.82) is 0 Å². The van der Waals surface area contributed by atoms with Gasteiger partial charge in [-0.1, -0.05) is 19.1 Å². The van der Waals surface area contributed by atoms with Crippen LogP contribution in [-0.2, 0) is 0 Å². The van der Waals surface area contributed by atoms with Crippen molar-refractivity contribution < 1.29 is 22.6 Å². The zero-order chi connectivity index (χ0) is 12.4. The molecule has 0 aromatic carbocycles. The largest absolute Gasteiger partial charge is 0.324 e. The summed E-state index contributed by atoms with van der Waals surface area (Å²) in [5, 5.41) is 0. The van der Waals surface area contributed by atoms with Gasteiger partial charge in [0.2, 0.25) is 0 Å². The molecular formula is C15H21IN+. The zero-order valence-electron chi connectivity index (χ0n) is 10.7. The smallest absolute Gasteiger partial charge is 0.257 e. The number of hydrogen-bond donors (Lipinski definition) is 0. The zero-order valence-corrected chi connectivity index (χ0v) is 13.0. The molecule has 0 unspecified atom stereocenters. The van der Waals surface area contributed by atoms with Crippen molar-refractivity contribution in [2.45, 2.75) is 33.1 Å². The van der Waals surface area contributed by atoms with E-state index in [9.17, 15) is 0 Å². The van der Waals surface area contributed by atoms with Crippen LogP contribution in [-0.4, -0.2) is 9.33 Å². The van der Waals surface area contributed by atoms with E-state index in [1.165, 1.54) is 29.6 Å². The Kier molecular flexibility index (Phi) is 4.13. The fourth-order valence-electron chi connectivity index (χ4n) is 1.93. The third kappa shape index (κ3) is 3.03. The highest BCUT2D eigenvalue weighted by atomic mass is 127. The van der Waals surface area contributed by atoms with Gasteiger partial charge in [0.25, 0.3) is 22.6 Å². The molecule has 0 atom stereocenters. The Hall–Kier alpha value is -0.510. The maximum Gasteiger partial charge on any atom is 0.257 e. The molecule has 0 saturated heterocycles. The molecule has 1 aliphatic carbocycles. The fourth-order valence-corrected chi connectivity index (χ4v) is 2.65. The van der Waals surface area contributed by atoms with Gasteiger partial charge in [-0.2, -0.15) is 0 Å². The summed E-state index contributed by atoms with van der Waals surface area (Å²) in [7, 11) is 0. The second-order valence-corrected chi connectivity index (χ2v) is 5.72. The summed E-state index contributed by atoms with van der Waals surface area (Å²) in [5.41, 5.74) is 5.43. The first-order valence-electron chi connectivity index (χ1n) is 6.31. The van der Waals surface area contributed by atoms with Gasteiger partial charge < -0.3 is 4.90 Å². The lowest BCUT2D eigenvalue weighted by atomic mass is 10.0. The number of allylic oxidation sites excluding steroid dienone is 4. The third-order valence-corrected chi connectivity index (χ3v) is 4.32. The summed E-state index contributed by atoms with van der Waals surface area (Å²) in [5.74, 6) is 0.809. The van der Waals surface area contributed by atoms with Crippen LogP contribution in [0.25, 0.3) is 0 Å². The van der Waals surface area contributed by atoms with Crippen LogP contribution in [0.3, 0.4) is 0 Å². The minimum Gasteiger partial charge on any atom is -0.324 e. The first kappa shape index (κ1) is 12.9. The maximum absolute atomic E-state index is 4.22. The van der Waals surface area contributed by atoms with Crippen molar-refractivity contribution in [3.05, 3.63) is 47.5 Å². The summed E-state index contributed by atoms with van der Waals surface area (Å²) >= 11 is 2.14. The third-order valence-electron chi connectivity index (χ3n) is 3.43. The van der Waals surface area contributed by atoms with E-state index in [0.717, 1.165) is 22.5 Å². The molecule has 0 bridgehead atoms. The Morgan fingerprint density at radius 1 is 1.59 bits per heavy atom. The second kappa shape index (κ2) is 5.42. The van der Waals surface area contributed by atoms with E-state index in [1.807, 2.05) is 0 Å². The molecule has 1 fully saturated rings. The van der Waals surface area contributed by atoms with Crippen LogP contribution in [0.4, 0.5) is 0 Å². The van der Waals surface area contributed by atoms with E-state index < -0.39 is 0 Å². The van der Waals surface area contributed by atoms with E-state index in [4.69, 9.17) is 0 Å². The number of hydrogen-bond acceptors (Lipinski definition) is 1. The van der Waals surface area contributed by atoms with Crippen LogP contribution in [0.2, 0.25) is 0 Å². The van der Waals surface area contributed by atoms with E-state index in [0.29, 0.717) is 0 Å². The lowest BCUT2D eigenvalue weighted by Crippen LogP contribution is -3.35. The predicted molar refractivity (Wildman–Crippen MR) is 70.2 cm³/mol. The van der Waals surface area contributed by atoms with Gasteiger partial charge in [-0.3, -0.25) is 0 Å². The van der Waals surface area contributed by atoms with Crippen molar-refractivity contribution in [1.82, 2.24) is 4.90 Å². The van der Waals surface area contributed by atoms with Gasteiger partial charge in [0.1, 0.15) is 0 Å². The molecule has 1 aliphatic heterocycles. The molecule has 0 aromatic rings. The Labute approximate surface area is 118 Å². The molecule has 1 saturated carbocycles. The van der Waals surface area contributed by atoms with E-state index in [-0.39, 0.29) is 0 Å². The summed E-state index contributed by atoms with van der Waals surface area (Å²) in [6, 6.07) is 0. The SMILES string of the molecule is C=C1C(C[IH+])=CC(C2CC2)=CN1/C=C(\C)CC. The van der Waals surface area contributed by atoms with Crippen molar-refractivity contribution in [3.8, 4) is 0 Å². The first-order valence-corrected chi connectivity index (χ1v) is 7.95. The summed E-state index contributed by atoms with van der Waals surface area (Å²) in [6.07, 6.45) is 10.7. The molecule has 17 heavy (non-hydrogen) atoms. The lowest BCUT2D eigenvalue weighted by molar-refractivity contribution is -0.355. The minimum absolute atomic E-state index is 0.809. The van der Waals surface area contributed by atoms with Crippen molar-refractivity contribution in [2.75, 3.05) is 4.43 Å². The van der Waals surface area contributed by atoms with E-state index in [1.54, 1.807) is 0 Å². The van der Waals surface area contributed by atoms with Gasteiger partial charge in [0.15, 0.2) is 4.43 Å². The minimum atomic E-state index is 0.809. The molecule has 0 amide bonds. The normalized spacial score (nSPS) is 21.5. The first-order chi connectivity index (χ1) is 8.15. The van der Waals surface area contributed by atoms with Crippen LogP contribution in [0, 0.1) is 5.92 Å². The Balaban J connectivity index is 2.26. The van der Waals surface area contributed by atoms with E-state index >= 15 is 0 Å². The Bertz CT molecular complexity index is 411. The lowest BCUT2D eigenvalue weighted by Gasteiger charge is -2.25. The summed E-state index contributed by atoms with van der Waals surface area (Å²) < 4.78 is 1.08. The van der Waals surface area contributed by atoms with Gasteiger partial charge in [0, 0.05) is 23.7 Å². The highest BCUT2D eigenvalue weighted by molar-refractivity contribution is 5.44. The number of rotatable bonds is 4. The maximum atomic E-state index is 4.22. The van der Waals surface area contributed by atoms with Gasteiger partial charge in [-0.25, -0.2) is 0 Å². The molecule has 2 heteroatoms. The standard InChI is InChI=1S/C15H21IN/c1-4-11(2)9-17-10-15(13-5-6-13)7-14(8-16)12(17)3/h7,9-10,13,16H,3-6,8H2,1-2H3/q+1/b11-9+. The van der Waals surface area contributed by atoms with Crippen LogP contribution in [0.5, 0.6) is 0 Å². The number of nitrogens with zero attached hydrogens (tertiary/aromatic N) is 1. The highest BCUT2D eigenvalue weighted by Crippen LogP contribution is 2.40. The molecule has 0 N–H and O–H groups in total. The highest BCUT2D eigenvalue weighted by Gasteiger charge is 2.28. The molecule has 2 aliphatic rings. The second-order valence-electron chi connectivity index (χ2n) is 4.90. The van der Waals surface area contributed by atoms with Gasteiger partial charge in [-0.15, -0.1) is 0 Å². The summed E-state index contributed by atoms with van der Waals surface area (Å²) in [6.45, 7) is 8.60. The van der Waals surface area contributed by atoms with Crippen molar-refractivity contribution >= 4 is 0 Å². The average molecular weight is 342 g/mol. The van der Waals surface area contributed by atoms with Gasteiger partial charge in [-0.05, 0) is 43.8 Å².